The van der Waals surface area contributed by atoms with Crippen LogP contribution in [0.4, 0.5) is 0 Å². The van der Waals surface area contributed by atoms with E-state index < -0.39 is 9.84 Å². The summed E-state index contributed by atoms with van der Waals surface area (Å²) in [5.74, 6) is 0.585. The molecule has 2 N–H and O–H groups in total. The largest absolute Gasteiger partial charge is 0.496 e. The first kappa shape index (κ1) is 19.5. The fourth-order valence-electron chi connectivity index (χ4n) is 4.10. The molecule has 1 saturated heterocycles. The van der Waals surface area contributed by atoms with Crippen LogP contribution >= 0.6 is 0 Å². The Labute approximate surface area is 170 Å². The van der Waals surface area contributed by atoms with Crippen LogP contribution in [0.2, 0.25) is 0 Å². The van der Waals surface area contributed by atoms with Crippen molar-refractivity contribution in [2.45, 2.75) is 24.8 Å². The number of sulfone groups is 1. The highest BCUT2D eigenvalue weighted by Gasteiger charge is 2.30. The van der Waals surface area contributed by atoms with Gasteiger partial charge in [-0.3, -0.25) is 4.79 Å². The number of carbonyl (C=O) groups is 1. The molecule has 1 aliphatic rings. The zero-order chi connectivity index (χ0) is 20.4. The molecule has 29 heavy (non-hydrogen) atoms. The highest BCUT2D eigenvalue weighted by atomic mass is 32.2. The van der Waals surface area contributed by atoms with Gasteiger partial charge in [-0.15, -0.1) is 0 Å². The molecular weight excluding hydrogens is 388 g/mol. The molecule has 1 fully saturated rings. The van der Waals surface area contributed by atoms with E-state index in [-0.39, 0.29) is 35.8 Å². The molecule has 2 heterocycles. The third-order valence-electron chi connectivity index (χ3n) is 5.48. The van der Waals surface area contributed by atoms with E-state index in [2.05, 4.69) is 10.3 Å². The topological polar surface area (TPSA) is 88.3 Å². The van der Waals surface area contributed by atoms with Crippen molar-refractivity contribution in [2.75, 3.05) is 18.6 Å². The highest BCUT2D eigenvalue weighted by molar-refractivity contribution is 7.91. The van der Waals surface area contributed by atoms with Crippen LogP contribution in [0.1, 0.15) is 29.9 Å². The lowest BCUT2D eigenvalue weighted by molar-refractivity contribution is -0.121. The number of carbonyl (C=O) groups excluding carboxylic acids is 1. The van der Waals surface area contributed by atoms with Crippen molar-refractivity contribution >= 4 is 26.6 Å². The first-order valence-corrected chi connectivity index (χ1v) is 11.5. The Balaban J connectivity index is 1.66. The molecule has 7 heteroatoms. The van der Waals surface area contributed by atoms with E-state index in [0.29, 0.717) is 6.42 Å². The molecule has 1 aromatic heterocycles. The van der Waals surface area contributed by atoms with Gasteiger partial charge in [0.2, 0.25) is 5.91 Å². The highest BCUT2D eigenvalue weighted by Crippen LogP contribution is 2.37. The van der Waals surface area contributed by atoms with Gasteiger partial charge < -0.3 is 15.0 Å². The molecule has 3 aromatic rings. The summed E-state index contributed by atoms with van der Waals surface area (Å²) in [6.07, 6.45) is 2.63. The monoisotopic (exact) mass is 412 g/mol. The molecule has 0 radical (unpaired) electrons. The minimum Gasteiger partial charge on any atom is -0.496 e. The lowest BCUT2D eigenvalue weighted by Gasteiger charge is -2.19. The summed E-state index contributed by atoms with van der Waals surface area (Å²) in [4.78, 5) is 16.1. The second-order valence-electron chi connectivity index (χ2n) is 7.46. The smallest absolute Gasteiger partial charge is 0.221 e. The normalized spacial score (nSPS) is 19.1. The molecular formula is C22H24N2O4S. The van der Waals surface area contributed by atoms with Gasteiger partial charge in [0.15, 0.2) is 9.84 Å². The summed E-state index contributed by atoms with van der Waals surface area (Å²) in [6.45, 7) is 0. The second kappa shape index (κ2) is 7.91. The van der Waals surface area contributed by atoms with Crippen molar-refractivity contribution in [3.05, 3.63) is 65.9 Å². The molecule has 1 amide bonds. The summed E-state index contributed by atoms with van der Waals surface area (Å²) in [5, 5.41) is 3.87. The molecule has 152 valence electrons. The number of H-pyrrole nitrogens is 1. The van der Waals surface area contributed by atoms with Gasteiger partial charge in [0.1, 0.15) is 5.75 Å². The van der Waals surface area contributed by atoms with Crippen molar-refractivity contribution in [3.8, 4) is 5.75 Å². The molecule has 6 nitrogen and oxygen atoms in total. The van der Waals surface area contributed by atoms with Gasteiger partial charge in [-0.05, 0) is 29.7 Å². The van der Waals surface area contributed by atoms with Crippen LogP contribution in [0, 0.1) is 0 Å². The number of fused-ring (bicyclic) bond motifs is 1. The number of nitrogens with one attached hydrogen (secondary N) is 2. The number of benzene rings is 2. The van der Waals surface area contributed by atoms with E-state index in [0.717, 1.165) is 27.8 Å². The average molecular weight is 413 g/mol. The summed E-state index contributed by atoms with van der Waals surface area (Å²) in [6, 6.07) is 15.4. The van der Waals surface area contributed by atoms with Crippen molar-refractivity contribution in [3.63, 3.8) is 0 Å². The predicted octanol–water partition coefficient (Wildman–Crippen LogP) is 3.00. The SMILES string of the molecule is COc1cccc2[nH]cc([C@H](CC(=O)N[C@H]3CCS(=O)(=O)C3)c3ccccc3)c12. The predicted molar refractivity (Wildman–Crippen MR) is 113 cm³/mol. The third kappa shape index (κ3) is 4.15. The molecule has 0 unspecified atom stereocenters. The maximum Gasteiger partial charge on any atom is 0.221 e. The lowest BCUT2D eigenvalue weighted by Crippen LogP contribution is -2.36. The Morgan fingerprint density at radius 1 is 1.21 bits per heavy atom. The minimum atomic E-state index is -3.04. The van der Waals surface area contributed by atoms with Crippen LogP contribution < -0.4 is 10.1 Å². The van der Waals surface area contributed by atoms with E-state index in [1.807, 2.05) is 54.7 Å². The standard InChI is InChI=1S/C22H24N2O4S/c1-28-20-9-5-8-19-22(20)18(13-23-19)17(15-6-3-2-4-7-15)12-21(25)24-16-10-11-29(26,27)14-16/h2-9,13,16-17,23H,10-12,14H2,1H3,(H,24,25)/t16-,17+/m0/s1. The number of ether oxygens (including phenoxy) is 1. The first-order chi connectivity index (χ1) is 14.0. The van der Waals surface area contributed by atoms with Crippen molar-refractivity contribution in [1.82, 2.24) is 10.3 Å². The Morgan fingerprint density at radius 2 is 2.00 bits per heavy atom. The number of methoxy groups -OCH3 is 1. The van der Waals surface area contributed by atoms with Crippen molar-refractivity contribution < 1.29 is 17.9 Å². The van der Waals surface area contributed by atoms with Crippen LogP contribution in [0.5, 0.6) is 5.75 Å². The molecule has 0 saturated carbocycles. The average Bonchev–Trinajstić information content (AvgIpc) is 3.29. The number of rotatable bonds is 6. The van der Waals surface area contributed by atoms with E-state index in [1.54, 1.807) is 7.11 Å². The van der Waals surface area contributed by atoms with Crippen molar-refractivity contribution in [2.24, 2.45) is 0 Å². The summed E-state index contributed by atoms with van der Waals surface area (Å²) in [7, 11) is -1.40. The van der Waals surface area contributed by atoms with Gasteiger partial charge in [-0.25, -0.2) is 8.42 Å². The Morgan fingerprint density at radius 3 is 2.69 bits per heavy atom. The molecule has 2 aromatic carbocycles. The molecule has 4 rings (SSSR count). The minimum absolute atomic E-state index is 0.0235. The van der Waals surface area contributed by atoms with Gasteiger partial charge in [0.25, 0.3) is 0 Å². The first-order valence-electron chi connectivity index (χ1n) is 9.65. The van der Waals surface area contributed by atoms with Gasteiger partial charge in [0.05, 0.1) is 18.6 Å². The maximum absolute atomic E-state index is 12.8. The number of hydrogen-bond donors (Lipinski definition) is 2. The zero-order valence-electron chi connectivity index (χ0n) is 16.2. The summed E-state index contributed by atoms with van der Waals surface area (Å²) < 4.78 is 29.0. The Hall–Kier alpha value is -2.80. The molecule has 0 bridgehead atoms. The van der Waals surface area contributed by atoms with Crippen LogP contribution in [0.3, 0.4) is 0 Å². The lowest BCUT2D eigenvalue weighted by atomic mass is 9.87. The van der Waals surface area contributed by atoms with Crippen molar-refractivity contribution in [1.29, 1.82) is 0 Å². The summed E-state index contributed by atoms with van der Waals surface area (Å²) in [5.41, 5.74) is 2.95. The molecule has 0 aliphatic carbocycles. The number of amides is 1. The van der Waals surface area contributed by atoms with E-state index in [4.69, 9.17) is 4.74 Å². The maximum atomic E-state index is 12.8. The Bertz CT molecular complexity index is 1120. The zero-order valence-corrected chi connectivity index (χ0v) is 17.0. The third-order valence-corrected chi connectivity index (χ3v) is 7.25. The van der Waals surface area contributed by atoms with Gasteiger partial charge in [-0.2, -0.15) is 0 Å². The van der Waals surface area contributed by atoms with Gasteiger partial charge in [-0.1, -0.05) is 36.4 Å². The fourth-order valence-corrected chi connectivity index (χ4v) is 5.77. The number of aromatic amines is 1. The van der Waals surface area contributed by atoms with E-state index in [9.17, 15) is 13.2 Å². The van der Waals surface area contributed by atoms with Gasteiger partial charge >= 0.3 is 0 Å². The molecule has 0 spiro atoms. The Kier molecular flexibility index (Phi) is 5.32. The van der Waals surface area contributed by atoms with Crippen LogP contribution in [-0.4, -0.2) is 44.0 Å². The van der Waals surface area contributed by atoms with Gasteiger partial charge in [0, 0.05) is 35.5 Å². The van der Waals surface area contributed by atoms with Crippen LogP contribution in [0.25, 0.3) is 10.9 Å². The quantitative estimate of drug-likeness (QED) is 0.651. The summed E-state index contributed by atoms with van der Waals surface area (Å²) >= 11 is 0. The molecule has 2 atom stereocenters. The fraction of sp³-hybridized carbons (Fsp3) is 0.318. The number of aromatic nitrogens is 1. The van der Waals surface area contributed by atoms with Crippen LogP contribution in [-0.2, 0) is 14.6 Å². The van der Waals surface area contributed by atoms with E-state index >= 15 is 0 Å². The second-order valence-corrected chi connectivity index (χ2v) is 9.69. The van der Waals surface area contributed by atoms with Crippen LogP contribution in [0.15, 0.2) is 54.7 Å². The molecule has 1 aliphatic heterocycles. The van der Waals surface area contributed by atoms with E-state index in [1.165, 1.54) is 0 Å². The number of hydrogen-bond acceptors (Lipinski definition) is 4.